The second kappa shape index (κ2) is 8.97. The molecule has 0 fully saturated rings. The first-order valence-corrected chi connectivity index (χ1v) is 4.78. The number of unbranched alkanes of at least 4 members (excludes halogenated alkanes) is 1. The molecule has 0 heterocycles. The van der Waals surface area contributed by atoms with Gasteiger partial charge in [-0.3, -0.25) is 0 Å². The van der Waals surface area contributed by atoms with Gasteiger partial charge in [-0.1, -0.05) is 44.6 Å². The monoisotopic (exact) mass is 176 g/mol. The van der Waals surface area contributed by atoms with E-state index >= 15 is 0 Å². The van der Waals surface area contributed by atoms with Gasteiger partial charge in [-0.15, -0.1) is 0 Å². The van der Waals surface area contributed by atoms with E-state index in [1.165, 1.54) is 25.7 Å². The molecule has 0 bridgehead atoms. The van der Waals surface area contributed by atoms with E-state index in [2.05, 4.69) is 23.8 Å². The van der Waals surface area contributed by atoms with Gasteiger partial charge in [0.1, 0.15) is 0 Å². The molecule has 0 amide bonds. The second-order valence-electron chi connectivity index (χ2n) is 3.10. The maximum absolute atomic E-state index is 7.91. The van der Waals surface area contributed by atoms with Gasteiger partial charge in [-0.05, 0) is 12.3 Å². The summed E-state index contributed by atoms with van der Waals surface area (Å²) < 4.78 is 0. The van der Waals surface area contributed by atoms with Gasteiger partial charge in [0.2, 0.25) is 0 Å². The van der Waals surface area contributed by atoms with Crippen LogP contribution in [0.2, 0.25) is 0 Å². The summed E-state index contributed by atoms with van der Waals surface area (Å²) in [5.74, 6) is 0.708. The van der Waals surface area contributed by atoms with E-state index in [9.17, 15) is 0 Å². The minimum absolute atomic E-state index is 0.485. The van der Waals surface area contributed by atoms with Crippen LogP contribution in [0.5, 0.6) is 0 Å². The van der Waals surface area contributed by atoms with Crippen molar-refractivity contribution in [2.24, 2.45) is 5.92 Å². The third kappa shape index (κ3) is 6.58. The highest BCUT2D eigenvalue weighted by Crippen LogP contribution is 2.16. The summed E-state index contributed by atoms with van der Waals surface area (Å²) in [7, 11) is 0. The van der Waals surface area contributed by atoms with E-state index in [1.54, 1.807) is 0 Å². The fourth-order valence-corrected chi connectivity index (χ4v) is 1.30. The Hall–Kier alpha value is -0.120. The van der Waals surface area contributed by atoms with E-state index in [-0.39, 0.29) is 0 Å². The van der Waals surface area contributed by atoms with Gasteiger partial charge in [0.25, 0.3) is 0 Å². The van der Waals surface area contributed by atoms with Gasteiger partial charge in [-0.2, -0.15) is 0 Å². The first-order valence-electron chi connectivity index (χ1n) is 4.78. The van der Waals surface area contributed by atoms with E-state index < -0.39 is 0 Å². The van der Waals surface area contributed by atoms with Crippen molar-refractivity contribution in [2.75, 3.05) is 6.61 Å². The zero-order chi connectivity index (χ0) is 9.23. The summed E-state index contributed by atoms with van der Waals surface area (Å²) in [6.45, 7) is 4.86. The summed E-state index contributed by atoms with van der Waals surface area (Å²) in [5.41, 5.74) is 0. The van der Waals surface area contributed by atoms with Crippen molar-refractivity contribution in [3.8, 4) is 0 Å². The van der Waals surface area contributed by atoms with Crippen LogP contribution in [-0.2, 0) is 9.93 Å². The maximum Gasteiger partial charge on any atom is 0.0856 e. The fraction of sp³-hybridized carbons (Fsp3) is 1.00. The van der Waals surface area contributed by atoms with Crippen LogP contribution in [-0.4, -0.2) is 11.9 Å². The molecule has 1 atom stereocenters. The third-order valence-corrected chi connectivity index (χ3v) is 2.21. The summed E-state index contributed by atoms with van der Waals surface area (Å²) in [6.07, 6.45) is 5.92. The highest BCUT2D eigenvalue weighted by atomic mass is 17.5. The molecule has 0 aromatic heterocycles. The molecule has 0 aromatic rings. The molecule has 74 valence electrons. The molecule has 0 saturated heterocycles. The third-order valence-electron chi connectivity index (χ3n) is 2.21. The minimum Gasteiger partial charge on any atom is -0.221 e. The van der Waals surface area contributed by atoms with E-state index in [1.807, 2.05) is 0 Å². The molecule has 0 aliphatic heterocycles. The zero-order valence-electron chi connectivity index (χ0n) is 8.08. The predicted octanol–water partition coefficient (Wildman–Crippen LogP) is 3.01. The summed E-state index contributed by atoms with van der Waals surface area (Å²) in [5, 5.41) is 11.4. The normalized spacial score (nSPS) is 13.2. The SMILES string of the molecule is CCCCC(CC)CCOOO. The van der Waals surface area contributed by atoms with Crippen molar-refractivity contribution < 1.29 is 15.2 Å². The van der Waals surface area contributed by atoms with Gasteiger partial charge >= 0.3 is 0 Å². The molecule has 0 aliphatic carbocycles. The van der Waals surface area contributed by atoms with Gasteiger partial charge in [0.05, 0.1) is 6.61 Å². The summed E-state index contributed by atoms with van der Waals surface area (Å²) in [4.78, 5) is 4.40. The Balaban J connectivity index is 3.26. The van der Waals surface area contributed by atoms with Crippen molar-refractivity contribution in [3.05, 3.63) is 0 Å². The molecule has 3 nitrogen and oxygen atoms in total. The largest absolute Gasteiger partial charge is 0.221 e. The molecule has 0 aromatic carbocycles. The van der Waals surface area contributed by atoms with Crippen LogP contribution in [0.4, 0.5) is 0 Å². The number of rotatable bonds is 8. The minimum atomic E-state index is 0.485. The van der Waals surface area contributed by atoms with E-state index in [0.29, 0.717) is 12.5 Å². The Morgan fingerprint density at radius 1 is 1.25 bits per heavy atom. The lowest BCUT2D eigenvalue weighted by molar-refractivity contribution is -0.491. The van der Waals surface area contributed by atoms with Crippen molar-refractivity contribution in [3.63, 3.8) is 0 Å². The Labute approximate surface area is 74.5 Å². The van der Waals surface area contributed by atoms with Crippen molar-refractivity contribution in [1.82, 2.24) is 0 Å². The summed E-state index contributed by atoms with van der Waals surface area (Å²) >= 11 is 0. The van der Waals surface area contributed by atoms with Crippen LogP contribution in [0.1, 0.15) is 46.0 Å². The predicted molar refractivity (Wildman–Crippen MR) is 47.6 cm³/mol. The molecule has 0 rings (SSSR count). The van der Waals surface area contributed by atoms with Crippen LogP contribution in [0.3, 0.4) is 0 Å². The van der Waals surface area contributed by atoms with Crippen LogP contribution < -0.4 is 0 Å². The first-order chi connectivity index (χ1) is 5.85. The smallest absolute Gasteiger partial charge is 0.0856 e. The molecular weight excluding hydrogens is 156 g/mol. The zero-order valence-corrected chi connectivity index (χ0v) is 8.08. The van der Waals surface area contributed by atoms with Gasteiger partial charge in [0.15, 0.2) is 0 Å². The Kier molecular flexibility index (Phi) is 8.88. The average molecular weight is 176 g/mol. The average Bonchev–Trinajstić information content (AvgIpc) is 2.11. The Morgan fingerprint density at radius 3 is 2.50 bits per heavy atom. The maximum atomic E-state index is 7.91. The molecule has 0 spiro atoms. The standard InChI is InChI=1S/C9H20O3/c1-3-5-6-9(4-2)7-8-11-12-10/h9-10H,3-8H2,1-2H3. The molecule has 12 heavy (non-hydrogen) atoms. The van der Waals surface area contributed by atoms with Crippen LogP contribution in [0, 0.1) is 5.92 Å². The topological polar surface area (TPSA) is 38.7 Å². The van der Waals surface area contributed by atoms with Crippen LogP contribution in [0.15, 0.2) is 0 Å². The molecular formula is C9H20O3. The summed E-state index contributed by atoms with van der Waals surface area (Å²) in [6, 6.07) is 0. The van der Waals surface area contributed by atoms with Crippen LogP contribution in [0.25, 0.3) is 0 Å². The molecule has 1 unspecified atom stereocenters. The van der Waals surface area contributed by atoms with Crippen molar-refractivity contribution >= 4 is 0 Å². The number of hydrogen-bond donors (Lipinski definition) is 1. The highest BCUT2D eigenvalue weighted by molar-refractivity contribution is 4.56. The lowest BCUT2D eigenvalue weighted by atomic mass is 9.96. The lowest BCUT2D eigenvalue weighted by Gasteiger charge is -2.12. The number of hydrogen-bond acceptors (Lipinski definition) is 3. The van der Waals surface area contributed by atoms with Gasteiger partial charge in [-0.25, -0.2) is 10.1 Å². The van der Waals surface area contributed by atoms with Crippen molar-refractivity contribution in [1.29, 1.82) is 0 Å². The Bertz CT molecular complexity index is 85.8. The van der Waals surface area contributed by atoms with Gasteiger partial charge < -0.3 is 0 Å². The Morgan fingerprint density at radius 2 is 2.00 bits per heavy atom. The first kappa shape index (κ1) is 11.9. The fourth-order valence-electron chi connectivity index (χ4n) is 1.30. The molecule has 1 N–H and O–H groups in total. The van der Waals surface area contributed by atoms with Crippen LogP contribution >= 0.6 is 0 Å². The lowest BCUT2D eigenvalue weighted by Crippen LogP contribution is -2.04. The molecule has 0 radical (unpaired) electrons. The van der Waals surface area contributed by atoms with E-state index in [4.69, 9.17) is 5.26 Å². The highest BCUT2D eigenvalue weighted by Gasteiger charge is 2.05. The second-order valence-corrected chi connectivity index (χ2v) is 3.10. The molecule has 0 aliphatic rings. The van der Waals surface area contributed by atoms with Crippen molar-refractivity contribution in [2.45, 2.75) is 46.0 Å². The van der Waals surface area contributed by atoms with Gasteiger partial charge in [0, 0.05) is 0 Å². The van der Waals surface area contributed by atoms with E-state index in [0.717, 1.165) is 6.42 Å². The molecule has 3 heteroatoms. The quantitative estimate of drug-likeness (QED) is 0.351. The molecule has 0 saturated carbocycles.